The molecule has 0 amide bonds. The number of hydrogen-bond acceptors (Lipinski definition) is 3. The molecule has 0 aliphatic heterocycles. The first-order chi connectivity index (χ1) is 7.36. The lowest BCUT2D eigenvalue weighted by atomic mass is 10.2. The van der Waals surface area contributed by atoms with Gasteiger partial charge in [0.15, 0.2) is 0 Å². The summed E-state index contributed by atoms with van der Waals surface area (Å²) in [5.74, 6) is 0. The second-order valence-corrected chi connectivity index (χ2v) is 3.22. The van der Waals surface area contributed by atoms with E-state index in [9.17, 15) is 0 Å². The normalized spacial score (nSPS) is 9.60. The van der Waals surface area contributed by atoms with E-state index in [-0.39, 0.29) is 0 Å². The molecule has 1 heterocycles. The van der Waals surface area contributed by atoms with Crippen molar-refractivity contribution in [2.45, 2.75) is 53.0 Å². The standard InChI is InChI=1S/C9H18N4.C2H6/c1-2-3-4-5-9-8-13(7-6-10)12-11-9;1-2/h8H,2-7,10H2,1H3;1-2H3. The van der Waals surface area contributed by atoms with E-state index in [1.165, 1.54) is 19.3 Å². The predicted molar refractivity (Wildman–Crippen MR) is 63.7 cm³/mol. The smallest absolute Gasteiger partial charge is 0.0827 e. The topological polar surface area (TPSA) is 56.7 Å². The molecule has 88 valence electrons. The van der Waals surface area contributed by atoms with Crippen molar-refractivity contribution >= 4 is 0 Å². The van der Waals surface area contributed by atoms with Crippen molar-refractivity contribution in [3.05, 3.63) is 11.9 Å². The predicted octanol–water partition coefficient (Wildman–Crippen LogP) is 2.00. The van der Waals surface area contributed by atoms with Gasteiger partial charge in [-0.2, -0.15) is 0 Å². The summed E-state index contributed by atoms with van der Waals surface area (Å²) in [6.07, 6.45) is 6.75. The zero-order valence-corrected chi connectivity index (χ0v) is 10.2. The van der Waals surface area contributed by atoms with Crippen LogP contribution in [0.5, 0.6) is 0 Å². The summed E-state index contributed by atoms with van der Waals surface area (Å²) in [6.45, 7) is 7.59. The van der Waals surface area contributed by atoms with Gasteiger partial charge in [-0.15, -0.1) is 5.10 Å². The van der Waals surface area contributed by atoms with Crippen molar-refractivity contribution in [2.24, 2.45) is 5.73 Å². The molecule has 15 heavy (non-hydrogen) atoms. The number of hydrogen-bond donors (Lipinski definition) is 1. The third-order valence-electron chi connectivity index (χ3n) is 1.98. The van der Waals surface area contributed by atoms with Gasteiger partial charge < -0.3 is 5.73 Å². The first-order valence-electron chi connectivity index (χ1n) is 5.96. The van der Waals surface area contributed by atoms with E-state index in [1.54, 1.807) is 4.68 Å². The summed E-state index contributed by atoms with van der Waals surface area (Å²) in [5, 5.41) is 8.04. The van der Waals surface area contributed by atoms with Gasteiger partial charge in [0.25, 0.3) is 0 Å². The van der Waals surface area contributed by atoms with Gasteiger partial charge in [0, 0.05) is 12.7 Å². The molecule has 0 aliphatic rings. The fourth-order valence-corrected chi connectivity index (χ4v) is 1.25. The lowest BCUT2D eigenvalue weighted by Gasteiger charge is -1.94. The molecule has 0 aliphatic carbocycles. The van der Waals surface area contributed by atoms with Gasteiger partial charge in [0.1, 0.15) is 0 Å². The molecule has 0 radical (unpaired) electrons. The Morgan fingerprint density at radius 2 is 2.07 bits per heavy atom. The number of nitrogens with zero attached hydrogens (tertiary/aromatic N) is 3. The van der Waals surface area contributed by atoms with Crippen LogP contribution in [-0.4, -0.2) is 21.5 Å². The number of aromatic nitrogens is 3. The molecule has 4 nitrogen and oxygen atoms in total. The largest absolute Gasteiger partial charge is 0.329 e. The van der Waals surface area contributed by atoms with Crippen LogP contribution in [0.2, 0.25) is 0 Å². The highest BCUT2D eigenvalue weighted by molar-refractivity contribution is 4.92. The first kappa shape index (κ1) is 14.1. The van der Waals surface area contributed by atoms with Gasteiger partial charge in [-0.1, -0.05) is 38.8 Å². The van der Waals surface area contributed by atoms with E-state index in [2.05, 4.69) is 17.2 Å². The van der Waals surface area contributed by atoms with Gasteiger partial charge in [-0.3, -0.25) is 4.68 Å². The molecule has 1 rings (SSSR count). The maximum Gasteiger partial charge on any atom is 0.0827 e. The van der Waals surface area contributed by atoms with Crippen LogP contribution in [-0.2, 0) is 13.0 Å². The van der Waals surface area contributed by atoms with Gasteiger partial charge in [-0.25, -0.2) is 0 Å². The SMILES string of the molecule is CC.CCCCCc1cn(CCN)nn1. The molecule has 2 N–H and O–H groups in total. The number of aryl methyl sites for hydroxylation is 1. The van der Waals surface area contributed by atoms with E-state index in [4.69, 9.17) is 5.73 Å². The van der Waals surface area contributed by atoms with Gasteiger partial charge >= 0.3 is 0 Å². The third kappa shape index (κ3) is 6.23. The number of nitrogens with two attached hydrogens (primary N) is 1. The van der Waals surface area contributed by atoms with Gasteiger partial charge in [0.2, 0.25) is 0 Å². The van der Waals surface area contributed by atoms with Crippen LogP contribution < -0.4 is 5.73 Å². The molecule has 0 saturated heterocycles. The average Bonchev–Trinajstić information content (AvgIpc) is 2.70. The van der Waals surface area contributed by atoms with Crippen molar-refractivity contribution in [3.8, 4) is 0 Å². The molecule has 0 bridgehead atoms. The Morgan fingerprint density at radius 3 is 2.67 bits per heavy atom. The summed E-state index contributed by atoms with van der Waals surface area (Å²) in [7, 11) is 0. The Labute approximate surface area is 92.9 Å². The molecule has 4 heteroatoms. The molecule has 0 saturated carbocycles. The number of rotatable bonds is 6. The summed E-state index contributed by atoms with van der Waals surface area (Å²) in [5.41, 5.74) is 6.49. The van der Waals surface area contributed by atoms with Crippen molar-refractivity contribution in [1.29, 1.82) is 0 Å². The fraction of sp³-hybridized carbons (Fsp3) is 0.818. The summed E-state index contributed by atoms with van der Waals surface area (Å²) < 4.78 is 1.81. The van der Waals surface area contributed by atoms with Crippen LogP contribution in [0.15, 0.2) is 6.20 Å². The molecule has 0 spiro atoms. The average molecular weight is 212 g/mol. The molecular formula is C11H24N4. The minimum atomic E-state index is 0.623. The highest BCUT2D eigenvalue weighted by Gasteiger charge is 1.98. The molecule has 0 unspecified atom stereocenters. The third-order valence-corrected chi connectivity index (χ3v) is 1.98. The first-order valence-corrected chi connectivity index (χ1v) is 5.96. The maximum absolute atomic E-state index is 5.40. The Balaban J connectivity index is 0.000000921. The van der Waals surface area contributed by atoms with Crippen molar-refractivity contribution < 1.29 is 0 Å². The zero-order chi connectivity index (χ0) is 11.5. The van der Waals surface area contributed by atoms with Crippen LogP contribution >= 0.6 is 0 Å². The van der Waals surface area contributed by atoms with Crippen LogP contribution in [0.4, 0.5) is 0 Å². The van der Waals surface area contributed by atoms with Crippen LogP contribution in [0, 0.1) is 0 Å². The number of unbranched alkanes of at least 4 members (excludes halogenated alkanes) is 2. The van der Waals surface area contributed by atoms with E-state index in [0.717, 1.165) is 18.7 Å². The summed E-state index contributed by atoms with van der Waals surface area (Å²) in [4.78, 5) is 0. The van der Waals surface area contributed by atoms with Crippen LogP contribution in [0.1, 0.15) is 45.7 Å². The Kier molecular flexibility index (Phi) is 9.07. The monoisotopic (exact) mass is 212 g/mol. The second kappa shape index (κ2) is 9.65. The summed E-state index contributed by atoms with van der Waals surface area (Å²) in [6, 6.07) is 0. The van der Waals surface area contributed by atoms with E-state index in [0.29, 0.717) is 6.54 Å². The molecule has 1 aromatic rings. The minimum Gasteiger partial charge on any atom is -0.329 e. The minimum absolute atomic E-state index is 0.623. The van der Waals surface area contributed by atoms with Crippen LogP contribution in [0.25, 0.3) is 0 Å². The summed E-state index contributed by atoms with van der Waals surface area (Å²) >= 11 is 0. The molecule has 0 atom stereocenters. The molecule has 0 fully saturated rings. The molecule has 0 aromatic carbocycles. The molecular weight excluding hydrogens is 188 g/mol. The zero-order valence-electron chi connectivity index (χ0n) is 10.2. The van der Waals surface area contributed by atoms with E-state index < -0.39 is 0 Å². The highest BCUT2D eigenvalue weighted by Crippen LogP contribution is 2.02. The van der Waals surface area contributed by atoms with Crippen LogP contribution in [0.3, 0.4) is 0 Å². The Morgan fingerprint density at radius 1 is 1.33 bits per heavy atom. The quantitative estimate of drug-likeness (QED) is 0.734. The fourth-order valence-electron chi connectivity index (χ4n) is 1.25. The molecule has 1 aromatic heterocycles. The lowest BCUT2D eigenvalue weighted by molar-refractivity contribution is 0.598. The van der Waals surface area contributed by atoms with Crippen molar-refractivity contribution in [2.75, 3.05) is 6.54 Å². The van der Waals surface area contributed by atoms with Crippen molar-refractivity contribution in [1.82, 2.24) is 15.0 Å². The van der Waals surface area contributed by atoms with Crippen molar-refractivity contribution in [3.63, 3.8) is 0 Å². The van der Waals surface area contributed by atoms with E-state index >= 15 is 0 Å². The second-order valence-electron chi connectivity index (χ2n) is 3.22. The maximum atomic E-state index is 5.40. The highest BCUT2D eigenvalue weighted by atomic mass is 15.4. The Bertz CT molecular complexity index is 232. The lowest BCUT2D eigenvalue weighted by Crippen LogP contribution is -2.10. The Hall–Kier alpha value is -0.900. The van der Waals surface area contributed by atoms with Gasteiger partial charge in [-0.05, 0) is 12.8 Å². The van der Waals surface area contributed by atoms with E-state index in [1.807, 2.05) is 20.0 Å². The van der Waals surface area contributed by atoms with Gasteiger partial charge in [0.05, 0.1) is 12.2 Å².